The van der Waals surface area contributed by atoms with E-state index in [-0.39, 0.29) is 17.7 Å². The normalized spacial score (nSPS) is 12.6. The van der Waals surface area contributed by atoms with Gasteiger partial charge in [-0.15, -0.1) is 0 Å². The van der Waals surface area contributed by atoms with Crippen molar-refractivity contribution in [3.05, 3.63) is 40.7 Å². The number of rotatable bonds is 4. The fourth-order valence-corrected chi connectivity index (χ4v) is 1.47. The van der Waals surface area contributed by atoms with Crippen molar-refractivity contribution in [2.45, 2.75) is 6.18 Å². The molecule has 0 aliphatic heterocycles. The largest absolute Gasteiger partial charge is 0.419 e. The summed E-state index contributed by atoms with van der Waals surface area (Å²) in [7, 11) is 1.31. The Bertz CT molecular complexity index is 509. The lowest BCUT2D eigenvalue weighted by atomic mass is 10.1. The van der Waals surface area contributed by atoms with Gasteiger partial charge in [0.25, 0.3) is 5.24 Å². The molecule has 7 heteroatoms. The zero-order chi connectivity index (χ0) is 14.6. The lowest BCUT2D eigenvalue weighted by Gasteiger charge is -2.09. The summed E-state index contributed by atoms with van der Waals surface area (Å²) >= 11 is 5.25. The van der Waals surface area contributed by atoms with Crippen LogP contribution in [0.2, 0.25) is 0 Å². The standard InChI is InChI=1S/C12H9ClF4O2/c1-19-6-8(11(13)18)4-7-2-3-10(14)9(5-7)12(15,16)17/h2-5H,6H2,1H3/b8-4+. The topological polar surface area (TPSA) is 26.3 Å². The molecule has 0 saturated carbocycles. The van der Waals surface area contributed by atoms with Crippen molar-refractivity contribution in [3.8, 4) is 0 Å². The molecule has 0 N–H and O–H groups in total. The molecule has 0 heterocycles. The second-order valence-electron chi connectivity index (χ2n) is 3.61. The monoisotopic (exact) mass is 296 g/mol. The van der Waals surface area contributed by atoms with Crippen LogP contribution in [0.3, 0.4) is 0 Å². The first-order valence-electron chi connectivity index (χ1n) is 5.01. The molecule has 0 aromatic heterocycles. The Morgan fingerprint density at radius 2 is 2.05 bits per heavy atom. The second-order valence-corrected chi connectivity index (χ2v) is 3.96. The molecule has 0 amide bonds. The van der Waals surface area contributed by atoms with Crippen LogP contribution in [-0.2, 0) is 15.7 Å². The summed E-state index contributed by atoms with van der Waals surface area (Å²) in [5.41, 5.74) is -1.42. The summed E-state index contributed by atoms with van der Waals surface area (Å²) < 4.78 is 55.2. The van der Waals surface area contributed by atoms with Crippen LogP contribution in [0.25, 0.3) is 6.08 Å². The molecule has 0 unspecified atom stereocenters. The van der Waals surface area contributed by atoms with Gasteiger partial charge in [-0.1, -0.05) is 6.07 Å². The summed E-state index contributed by atoms with van der Waals surface area (Å²) in [4.78, 5) is 11.0. The predicted molar refractivity (Wildman–Crippen MR) is 62.1 cm³/mol. The molecular formula is C12H9ClF4O2. The molecule has 0 aliphatic carbocycles. The molecule has 19 heavy (non-hydrogen) atoms. The van der Waals surface area contributed by atoms with E-state index in [1.807, 2.05) is 0 Å². The van der Waals surface area contributed by atoms with E-state index < -0.39 is 22.8 Å². The SMILES string of the molecule is COC/C(=C\c1ccc(F)c(C(F)(F)F)c1)C(=O)Cl. The maximum absolute atomic E-state index is 13.1. The average molecular weight is 297 g/mol. The summed E-state index contributed by atoms with van der Waals surface area (Å²) in [6, 6.07) is 2.39. The Balaban J connectivity index is 3.22. The number of benzene rings is 1. The van der Waals surface area contributed by atoms with E-state index in [1.165, 1.54) is 7.11 Å². The number of halogens is 5. The Morgan fingerprint density at radius 1 is 1.42 bits per heavy atom. The summed E-state index contributed by atoms with van der Waals surface area (Å²) in [6.45, 7) is -0.152. The van der Waals surface area contributed by atoms with Crippen molar-refractivity contribution in [2.24, 2.45) is 0 Å². The number of hydrogen-bond acceptors (Lipinski definition) is 2. The highest BCUT2D eigenvalue weighted by molar-refractivity contribution is 6.68. The molecule has 1 rings (SSSR count). The van der Waals surface area contributed by atoms with E-state index in [2.05, 4.69) is 4.74 Å². The number of hydrogen-bond donors (Lipinski definition) is 0. The summed E-state index contributed by atoms with van der Waals surface area (Å²) in [6.07, 6.45) is -3.69. The predicted octanol–water partition coefficient (Wildman–Crippen LogP) is 3.64. The molecule has 1 aromatic rings. The first kappa shape index (κ1) is 15.7. The molecule has 0 atom stereocenters. The van der Waals surface area contributed by atoms with Gasteiger partial charge in [-0.3, -0.25) is 4.79 Å². The molecule has 1 aromatic carbocycles. The Labute approximate surface area is 111 Å². The van der Waals surface area contributed by atoms with Crippen LogP contribution in [0.1, 0.15) is 11.1 Å². The van der Waals surface area contributed by atoms with Gasteiger partial charge in [0.15, 0.2) is 0 Å². The highest BCUT2D eigenvalue weighted by atomic mass is 35.5. The van der Waals surface area contributed by atoms with Crippen LogP contribution in [0.15, 0.2) is 23.8 Å². The molecule has 2 nitrogen and oxygen atoms in total. The number of carbonyl (C=O) groups is 1. The number of ether oxygens (including phenoxy) is 1. The molecular weight excluding hydrogens is 288 g/mol. The molecule has 0 bridgehead atoms. The maximum Gasteiger partial charge on any atom is 0.419 e. The quantitative estimate of drug-likeness (QED) is 0.482. The highest BCUT2D eigenvalue weighted by Crippen LogP contribution is 2.32. The van der Waals surface area contributed by atoms with Crippen molar-refractivity contribution in [2.75, 3.05) is 13.7 Å². The summed E-state index contributed by atoms with van der Waals surface area (Å²) in [5, 5.41) is -0.847. The summed E-state index contributed by atoms with van der Waals surface area (Å²) in [5.74, 6) is -1.38. The van der Waals surface area contributed by atoms with Crippen LogP contribution in [0.5, 0.6) is 0 Å². The minimum Gasteiger partial charge on any atom is -0.380 e. The van der Waals surface area contributed by atoms with Crippen molar-refractivity contribution in [3.63, 3.8) is 0 Å². The smallest absolute Gasteiger partial charge is 0.380 e. The third-order valence-corrected chi connectivity index (χ3v) is 2.43. The number of methoxy groups -OCH3 is 1. The van der Waals surface area contributed by atoms with Crippen molar-refractivity contribution >= 4 is 22.9 Å². The molecule has 0 saturated heterocycles. The van der Waals surface area contributed by atoms with Crippen molar-refractivity contribution in [1.82, 2.24) is 0 Å². The van der Waals surface area contributed by atoms with Gasteiger partial charge in [0.05, 0.1) is 12.2 Å². The van der Waals surface area contributed by atoms with E-state index in [0.29, 0.717) is 12.1 Å². The number of alkyl halides is 3. The maximum atomic E-state index is 13.1. The second kappa shape index (κ2) is 6.16. The fourth-order valence-electron chi connectivity index (χ4n) is 1.36. The molecule has 0 aliphatic rings. The van der Waals surface area contributed by atoms with E-state index in [0.717, 1.165) is 12.1 Å². The Hall–Kier alpha value is -1.40. The minimum absolute atomic E-state index is 0.00905. The van der Waals surface area contributed by atoms with Crippen molar-refractivity contribution in [1.29, 1.82) is 0 Å². The zero-order valence-corrected chi connectivity index (χ0v) is 10.5. The first-order valence-corrected chi connectivity index (χ1v) is 5.39. The molecule has 0 fully saturated rings. The van der Waals surface area contributed by atoms with Gasteiger partial charge < -0.3 is 4.74 Å². The first-order chi connectivity index (χ1) is 8.75. The fraction of sp³-hybridized carbons (Fsp3) is 0.250. The number of carbonyl (C=O) groups excluding carboxylic acids is 1. The van der Waals surface area contributed by atoms with Crippen LogP contribution in [-0.4, -0.2) is 19.0 Å². The van der Waals surface area contributed by atoms with Gasteiger partial charge in [-0.05, 0) is 35.4 Å². The van der Waals surface area contributed by atoms with Crippen LogP contribution < -0.4 is 0 Å². The van der Waals surface area contributed by atoms with Crippen LogP contribution in [0.4, 0.5) is 17.6 Å². The van der Waals surface area contributed by atoms with Crippen LogP contribution in [0, 0.1) is 5.82 Å². The minimum atomic E-state index is -4.81. The molecule has 0 spiro atoms. The average Bonchev–Trinajstić information content (AvgIpc) is 2.29. The highest BCUT2D eigenvalue weighted by Gasteiger charge is 2.34. The third-order valence-electron chi connectivity index (χ3n) is 2.19. The van der Waals surface area contributed by atoms with Crippen molar-refractivity contribution < 1.29 is 27.1 Å². The zero-order valence-electron chi connectivity index (χ0n) is 9.72. The Kier molecular flexibility index (Phi) is 5.08. The lowest BCUT2D eigenvalue weighted by Crippen LogP contribution is -2.08. The van der Waals surface area contributed by atoms with Gasteiger partial charge in [-0.2, -0.15) is 13.2 Å². The molecule has 104 valence electrons. The van der Waals surface area contributed by atoms with E-state index in [9.17, 15) is 22.4 Å². The van der Waals surface area contributed by atoms with E-state index >= 15 is 0 Å². The van der Waals surface area contributed by atoms with Gasteiger partial charge in [-0.25, -0.2) is 4.39 Å². The van der Waals surface area contributed by atoms with Gasteiger partial charge in [0, 0.05) is 12.7 Å². The van der Waals surface area contributed by atoms with Gasteiger partial charge >= 0.3 is 6.18 Å². The van der Waals surface area contributed by atoms with E-state index in [1.54, 1.807) is 0 Å². The molecule has 0 radical (unpaired) electrons. The Morgan fingerprint density at radius 3 is 2.53 bits per heavy atom. The third kappa shape index (κ3) is 4.33. The van der Waals surface area contributed by atoms with Gasteiger partial charge in [0.2, 0.25) is 0 Å². The van der Waals surface area contributed by atoms with Gasteiger partial charge in [0.1, 0.15) is 5.82 Å². The van der Waals surface area contributed by atoms with Crippen LogP contribution >= 0.6 is 11.6 Å². The lowest BCUT2D eigenvalue weighted by molar-refractivity contribution is -0.140. The van der Waals surface area contributed by atoms with E-state index in [4.69, 9.17) is 11.6 Å².